The van der Waals surface area contributed by atoms with Gasteiger partial charge in [0.2, 0.25) is 0 Å². The van der Waals surface area contributed by atoms with E-state index in [1.54, 1.807) is 10.8 Å². The quantitative estimate of drug-likeness (QED) is 0.533. The second-order valence-corrected chi connectivity index (χ2v) is 5.59. The lowest BCUT2D eigenvalue weighted by atomic mass is 10.2. The van der Waals surface area contributed by atoms with Crippen molar-refractivity contribution in [3.05, 3.63) is 0 Å². The number of hydrogen-bond acceptors (Lipinski definition) is 2. The summed E-state index contributed by atoms with van der Waals surface area (Å²) in [6.45, 7) is 6.21. The third kappa shape index (κ3) is 4.34. The first-order valence-corrected chi connectivity index (χ1v) is 6.63. The molecular weight excluding hydrogens is 164 g/mol. The first-order chi connectivity index (χ1) is 4.79. The van der Waals surface area contributed by atoms with Crippen LogP contribution in [0.5, 0.6) is 0 Å². The summed E-state index contributed by atoms with van der Waals surface area (Å²) in [7, 11) is 1.05. The Morgan fingerprint density at radius 2 is 2.10 bits per heavy atom. The number of hydrogen-bond donors (Lipinski definition) is 0. The molecule has 2 unspecified atom stereocenters. The molecule has 0 N–H and O–H groups in total. The van der Waals surface area contributed by atoms with Gasteiger partial charge in [0.05, 0.1) is 9.83 Å². The van der Waals surface area contributed by atoms with Crippen molar-refractivity contribution in [3.63, 3.8) is 0 Å². The van der Waals surface area contributed by atoms with Crippen LogP contribution < -0.4 is 0 Å². The molecule has 1 heterocycles. The molecule has 62 valence electrons. The van der Waals surface area contributed by atoms with Crippen LogP contribution in [0.1, 0.15) is 27.2 Å². The largest absolute Gasteiger partial charge is 0.248 e. The topological polar surface area (TPSA) is 17.1 Å². The van der Waals surface area contributed by atoms with Gasteiger partial charge in [-0.2, -0.15) is 0 Å². The van der Waals surface area contributed by atoms with Crippen molar-refractivity contribution in [1.82, 2.24) is 0 Å². The molecule has 3 heteroatoms. The Morgan fingerprint density at radius 3 is 2.40 bits per heavy atom. The molecular formula is C7H16OS2. The summed E-state index contributed by atoms with van der Waals surface area (Å²) in [5, 5.41) is 0. The van der Waals surface area contributed by atoms with Crippen LogP contribution in [0.15, 0.2) is 0 Å². The molecule has 0 saturated carbocycles. The molecule has 0 bridgehead atoms. The lowest BCUT2D eigenvalue weighted by Gasteiger charge is -2.14. The molecule has 0 aromatic heterocycles. The van der Waals surface area contributed by atoms with Gasteiger partial charge in [-0.15, -0.1) is 0 Å². The van der Waals surface area contributed by atoms with Gasteiger partial charge in [-0.25, -0.2) is 4.21 Å². The minimum absolute atomic E-state index is 0.544. The highest BCUT2D eigenvalue weighted by Gasteiger charge is 2.13. The van der Waals surface area contributed by atoms with Gasteiger partial charge in [0.15, 0.2) is 0 Å². The van der Waals surface area contributed by atoms with Gasteiger partial charge in [0.1, 0.15) is 0 Å². The van der Waals surface area contributed by atoms with E-state index >= 15 is 0 Å². The van der Waals surface area contributed by atoms with E-state index in [0.29, 0.717) is 0 Å². The fraction of sp³-hybridized carbons (Fsp3) is 1.00. The maximum atomic E-state index is 10.7. The lowest BCUT2D eigenvalue weighted by Crippen LogP contribution is -2.10. The second kappa shape index (κ2) is 6.23. The zero-order valence-electron chi connectivity index (χ0n) is 6.92. The summed E-state index contributed by atoms with van der Waals surface area (Å²) in [5.74, 6) is 2.79. The highest BCUT2D eigenvalue weighted by molar-refractivity contribution is 8.69. The summed E-state index contributed by atoms with van der Waals surface area (Å²) in [6, 6.07) is 0. The molecule has 1 rings (SSSR count). The average molecular weight is 180 g/mol. The smallest absolute Gasteiger partial charge is 0.0804 e. The van der Waals surface area contributed by atoms with Gasteiger partial charge >= 0.3 is 0 Å². The summed E-state index contributed by atoms with van der Waals surface area (Å²) in [4.78, 5) is 0. The zero-order chi connectivity index (χ0) is 7.98. The van der Waals surface area contributed by atoms with Gasteiger partial charge in [-0.3, -0.25) is 0 Å². The summed E-state index contributed by atoms with van der Waals surface area (Å²) >= 11 is 0. The molecule has 0 spiro atoms. The molecule has 1 aliphatic heterocycles. The normalized spacial score (nSPS) is 32.3. The fourth-order valence-electron chi connectivity index (χ4n) is 0.632. The van der Waals surface area contributed by atoms with Crippen molar-refractivity contribution in [2.24, 2.45) is 5.92 Å². The van der Waals surface area contributed by atoms with Crippen molar-refractivity contribution < 1.29 is 4.21 Å². The van der Waals surface area contributed by atoms with Crippen LogP contribution in [0.4, 0.5) is 0 Å². The Labute approximate surface area is 69.8 Å². The predicted molar refractivity (Wildman–Crippen MR) is 50.6 cm³/mol. The summed E-state index contributed by atoms with van der Waals surface area (Å²) < 4.78 is 10.7. The van der Waals surface area contributed by atoms with Gasteiger partial charge in [0.25, 0.3) is 0 Å². The van der Waals surface area contributed by atoms with Gasteiger partial charge in [-0.1, -0.05) is 31.6 Å². The third-order valence-electron chi connectivity index (χ3n) is 1.26. The maximum absolute atomic E-state index is 10.7. The molecule has 0 aromatic rings. The third-order valence-corrected chi connectivity index (χ3v) is 4.50. The molecule has 0 aliphatic carbocycles. The Kier molecular flexibility index (Phi) is 6.54. The average Bonchev–Trinajstić information content (AvgIpc) is 2.00. The Bertz CT molecular complexity index is 93.8. The standard InChI is InChI=1S/C5H10OS2.C2H6/c1-5-2-3-8(6)7-4-5;1-2/h5H,2-4H2,1H3;1-2H3. The highest BCUT2D eigenvalue weighted by atomic mass is 33.1. The van der Waals surface area contributed by atoms with Crippen molar-refractivity contribution in [2.75, 3.05) is 11.5 Å². The van der Waals surface area contributed by atoms with Crippen molar-refractivity contribution in [3.8, 4) is 0 Å². The van der Waals surface area contributed by atoms with Crippen LogP contribution in [0.25, 0.3) is 0 Å². The monoisotopic (exact) mass is 180 g/mol. The molecule has 10 heavy (non-hydrogen) atoms. The first-order valence-electron chi connectivity index (χ1n) is 3.80. The molecule has 0 radical (unpaired) electrons. The van der Waals surface area contributed by atoms with E-state index < -0.39 is 9.83 Å². The van der Waals surface area contributed by atoms with Gasteiger partial charge < -0.3 is 0 Å². The second-order valence-electron chi connectivity index (χ2n) is 2.19. The van der Waals surface area contributed by atoms with Crippen LogP contribution in [-0.4, -0.2) is 15.7 Å². The van der Waals surface area contributed by atoms with Crippen LogP contribution in [0.3, 0.4) is 0 Å². The van der Waals surface area contributed by atoms with E-state index in [-0.39, 0.29) is 0 Å². The van der Waals surface area contributed by atoms with Crippen LogP contribution in [0.2, 0.25) is 0 Å². The lowest BCUT2D eigenvalue weighted by molar-refractivity contribution is 0.626. The van der Waals surface area contributed by atoms with E-state index in [0.717, 1.165) is 23.8 Å². The van der Waals surface area contributed by atoms with Gasteiger partial charge in [-0.05, 0) is 12.3 Å². The van der Waals surface area contributed by atoms with Crippen LogP contribution >= 0.6 is 10.8 Å². The minimum atomic E-state index is -0.544. The molecule has 1 saturated heterocycles. The van der Waals surface area contributed by atoms with Crippen LogP contribution in [-0.2, 0) is 9.83 Å². The molecule has 1 fully saturated rings. The predicted octanol–water partition coefficient (Wildman–Crippen LogP) is 2.45. The summed E-state index contributed by atoms with van der Waals surface area (Å²) in [5.41, 5.74) is 0. The highest BCUT2D eigenvalue weighted by Crippen LogP contribution is 2.22. The van der Waals surface area contributed by atoms with E-state index in [4.69, 9.17) is 0 Å². The van der Waals surface area contributed by atoms with Crippen molar-refractivity contribution in [1.29, 1.82) is 0 Å². The molecule has 1 nitrogen and oxygen atoms in total. The summed E-state index contributed by atoms with van der Waals surface area (Å²) in [6.07, 6.45) is 1.15. The molecule has 1 aliphatic rings. The SMILES string of the molecule is CC.CC1CCS(=O)SC1. The van der Waals surface area contributed by atoms with Crippen molar-refractivity contribution in [2.45, 2.75) is 27.2 Å². The molecule has 0 aromatic carbocycles. The maximum Gasteiger partial charge on any atom is 0.0804 e. The van der Waals surface area contributed by atoms with E-state index in [9.17, 15) is 4.21 Å². The van der Waals surface area contributed by atoms with Crippen molar-refractivity contribution >= 4 is 20.6 Å². The minimum Gasteiger partial charge on any atom is -0.248 e. The van der Waals surface area contributed by atoms with Crippen LogP contribution in [0, 0.1) is 5.92 Å². The number of rotatable bonds is 0. The Hall–Kier alpha value is 0.500. The molecule has 0 amide bonds. The zero-order valence-corrected chi connectivity index (χ0v) is 8.56. The van der Waals surface area contributed by atoms with E-state index in [1.807, 2.05) is 13.8 Å². The fourth-order valence-corrected chi connectivity index (χ4v) is 3.69. The first kappa shape index (κ1) is 10.5. The van der Waals surface area contributed by atoms with Gasteiger partial charge in [0, 0.05) is 11.5 Å². The van der Waals surface area contributed by atoms with E-state index in [1.165, 1.54) is 0 Å². The Morgan fingerprint density at radius 1 is 1.50 bits per heavy atom. The molecule has 2 atom stereocenters. The van der Waals surface area contributed by atoms with E-state index in [2.05, 4.69) is 6.92 Å². The Balaban J connectivity index is 0.000000371.